The molecule has 41 heavy (non-hydrogen) atoms. The predicted octanol–water partition coefficient (Wildman–Crippen LogP) is 4.88. The maximum Gasteiger partial charge on any atom is 0.338 e. The molecule has 1 aliphatic rings. The number of rotatable bonds is 7. The van der Waals surface area contributed by atoms with Crippen LogP contribution in [0.3, 0.4) is 0 Å². The highest BCUT2D eigenvalue weighted by molar-refractivity contribution is 7.07. The van der Waals surface area contributed by atoms with Gasteiger partial charge < -0.3 is 18.8 Å². The van der Waals surface area contributed by atoms with Crippen molar-refractivity contribution in [3.63, 3.8) is 0 Å². The van der Waals surface area contributed by atoms with E-state index in [0.29, 0.717) is 42.7 Å². The summed E-state index contributed by atoms with van der Waals surface area (Å²) in [5.41, 5.74) is 5.12. The Kier molecular flexibility index (Phi) is 7.93. The Labute approximate surface area is 246 Å². The van der Waals surface area contributed by atoms with Gasteiger partial charge in [-0.25, -0.2) is 9.79 Å². The Morgan fingerprint density at radius 1 is 1.05 bits per heavy atom. The van der Waals surface area contributed by atoms with Crippen LogP contribution in [0.15, 0.2) is 69.6 Å². The van der Waals surface area contributed by atoms with Gasteiger partial charge in [0, 0.05) is 22.1 Å². The summed E-state index contributed by atoms with van der Waals surface area (Å²) in [6.07, 6.45) is 1.88. The first kappa shape index (κ1) is 28.4. The molecule has 0 bridgehead atoms. The van der Waals surface area contributed by atoms with E-state index in [1.807, 2.05) is 56.3 Å². The van der Waals surface area contributed by atoms with Gasteiger partial charge in [-0.15, -0.1) is 0 Å². The van der Waals surface area contributed by atoms with E-state index in [4.69, 9.17) is 25.8 Å². The van der Waals surface area contributed by atoms with Crippen LogP contribution in [0.4, 0.5) is 0 Å². The highest BCUT2D eigenvalue weighted by Crippen LogP contribution is 2.36. The van der Waals surface area contributed by atoms with E-state index >= 15 is 0 Å². The predicted molar refractivity (Wildman–Crippen MR) is 160 cm³/mol. The molecule has 0 radical (unpaired) electrons. The molecule has 5 rings (SSSR count). The van der Waals surface area contributed by atoms with Crippen LogP contribution in [0.1, 0.15) is 42.4 Å². The molecule has 0 spiro atoms. The van der Waals surface area contributed by atoms with Gasteiger partial charge in [0.05, 0.1) is 42.7 Å². The quantitative estimate of drug-likeness (QED) is 0.286. The molecule has 4 aromatic rings. The number of thiazole rings is 1. The molecule has 1 aliphatic heterocycles. The van der Waals surface area contributed by atoms with Crippen LogP contribution in [0.25, 0.3) is 11.8 Å². The average molecular weight is 592 g/mol. The summed E-state index contributed by atoms with van der Waals surface area (Å²) in [6.45, 7) is 7.74. The third-order valence-corrected chi connectivity index (χ3v) is 8.32. The lowest BCUT2D eigenvalue weighted by Crippen LogP contribution is -2.40. The molecule has 212 valence electrons. The van der Waals surface area contributed by atoms with Crippen molar-refractivity contribution >= 4 is 35.0 Å². The Bertz CT molecular complexity index is 1860. The zero-order valence-corrected chi connectivity index (χ0v) is 25.2. The number of esters is 1. The van der Waals surface area contributed by atoms with Crippen LogP contribution in [0, 0.1) is 13.8 Å². The third-order valence-electron chi connectivity index (χ3n) is 7.08. The zero-order chi connectivity index (χ0) is 29.4. The van der Waals surface area contributed by atoms with Crippen LogP contribution >= 0.6 is 22.9 Å². The maximum absolute atomic E-state index is 14.1. The molecular weight excluding hydrogens is 562 g/mol. The minimum atomic E-state index is -0.756. The maximum atomic E-state index is 14.1. The van der Waals surface area contributed by atoms with Gasteiger partial charge in [-0.1, -0.05) is 29.0 Å². The molecule has 0 amide bonds. The number of benzene rings is 2. The van der Waals surface area contributed by atoms with Gasteiger partial charge in [-0.3, -0.25) is 9.36 Å². The molecule has 3 heterocycles. The SMILES string of the molecule is CCOC(=O)C1=C(C)N=c2s/c(=C\c3cc(C)n(-c4ccc(Cl)cc4)c3C)c(=O)n2C1c1ccc(OC)c(OC)c1. The third kappa shape index (κ3) is 5.11. The van der Waals surface area contributed by atoms with E-state index in [9.17, 15) is 9.59 Å². The largest absolute Gasteiger partial charge is 0.493 e. The molecule has 1 atom stereocenters. The van der Waals surface area contributed by atoms with Crippen molar-refractivity contribution in [2.75, 3.05) is 20.8 Å². The van der Waals surface area contributed by atoms with Gasteiger partial charge in [0.1, 0.15) is 0 Å². The summed E-state index contributed by atoms with van der Waals surface area (Å²) in [6, 6.07) is 14.3. The van der Waals surface area contributed by atoms with Crippen LogP contribution in [0.5, 0.6) is 11.5 Å². The van der Waals surface area contributed by atoms with Gasteiger partial charge in [-0.05, 0) is 87.4 Å². The van der Waals surface area contributed by atoms with Gasteiger partial charge in [0.2, 0.25) is 0 Å². The fraction of sp³-hybridized carbons (Fsp3) is 0.258. The Morgan fingerprint density at radius 2 is 1.76 bits per heavy atom. The van der Waals surface area contributed by atoms with Gasteiger partial charge in [0.15, 0.2) is 16.3 Å². The molecule has 10 heteroatoms. The first-order valence-electron chi connectivity index (χ1n) is 13.0. The van der Waals surface area contributed by atoms with Crippen LogP contribution in [0.2, 0.25) is 5.02 Å². The molecule has 0 N–H and O–H groups in total. The molecule has 0 fully saturated rings. The first-order valence-corrected chi connectivity index (χ1v) is 14.2. The van der Waals surface area contributed by atoms with Crippen molar-refractivity contribution in [3.05, 3.63) is 107 Å². The topological polar surface area (TPSA) is 84.1 Å². The van der Waals surface area contributed by atoms with Crippen LogP contribution < -0.4 is 24.4 Å². The number of aryl methyl sites for hydroxylation is 1. The van der Waals surface area contributed by atoms with E-state index < -0.39 is 12.0 Å². The van der Waals surface area contributed by atoms with E-state index in [1.54, 1.807) is 44.8 Å². The second-order valence-corrected chi connectivity index (χ2v) is 11.0. The summed E-state index contributed by atoms with van der Waals surface area (Å²) in [7, 11) is 3.10. The average Bonchev–Trinajstić information content (AvgIpc) is 3.41. The van der Waals surface area contributed by atoms with E-state index in [0.717, 1.165) is 22.6 Å². The van der Waals surface area contributed by atoms with Crippen molar-refractivity contribution < 1.29 is 19.0 Å². The summed E-state index contributed by atoms with van der Waals surface area (Å²) in [5.74, 6) is 0.507. The minimum absolute atomic E-state index is 0.196. The lowest BCUT2D eigenvalue weighted by Gasteiger charge is -2.25. The Balaban J connectivity index is 1.70. The van der Waals surface area contributed by atoms with Gasteiger partial charge in [0.25, 0.3) is 5.56 Å². The number of nitrogens with zero attached hydrogens (tertiary/aromatic N) is 3. The Morgan fingerprint density at radius 3 is 2.41 bits per heavy atom. The second-order valence-electron chi connectivity index (χ2n) is 9.55. The monoisotopic (exact) mass is 591 g/mol. The van der Waals surface area contributed by atoms with Crippen molar-refractivity contribution in [2.24, 2.45) is 4.99 Å². The molecule has 8 nitrogen and oxygen atoms in total. The number of halogens is 1. The highest BCUT2D eigenvalue weighted by Gasteiger charge is 2.34. The molecular formula is C31H30ClN3O5S. The number of ether oxygens (including phenoxy) is 3. The first-order chi connectivity index (χ1) is 19.7. The standard InChI is InChI=1S/C31H30ClN3O5S/c1-7-40-30(37)27-18(3)33-31-35(28(27)20-8-13-24(38-5)25(15-20)39-6)29(36)26(41-31)16-21-14-17(2)34(19(21)4)23-11-9-22(32)10-12-23/h8-16,28H,7H2,1-6H3/b26-16-. The normalized spacial score (nSPS) is 15.0. The molecule has 2 aromatic heterocycles. The number of aromatic nitrogens is 2. The van der Waals surface area contributed by atoms with Crippen molar-refractivity contribution in [2.45, 2.75) is 33.7 Å². The summed E-state index contributed by atoms with van der Waals surface area (Å²) in [5, 5.41) is 0.666. The van der Waals surface area contributed by atoms with Crippen molar-refractivity contribution in [1.29, 1.82) is 0 Å². The summed E-state index contributed by atoms with van der Waals surface area (Å²) < 4.78 is 20.5. The lowest BCUT2D eigenvalue weighted by atomic mass is 9.95. The molecule has 1 unspecified atom stereocenters. The smallest absolute Gasteiger partial charge is 0.338 e. The van der Waals surface area contributed by atoms with E-state index in [2.05, 4.69) is 9.56 Å². The molecule has 0 saturated carbocycles. The van der Waals surface area contributed by atoms with Crippen LogP contribution in [-0.2, 0) is 9.53 Å². The van der Waals surface area contributed by atoms with E-state index in [1.165, 1.54) is 11.3 Å². The number of allylic oxidation sites excluding steroid dienone is 1. The fourth-order valence-electron chi connectivity index (χ4n) is 5.19. The van der Waals surface area contributed by atoms with E-state index in [-0.39, 0.29) is 12.2 Å². The molecule has 2 aromatic carbocycles. The van der Waals surface area contributed by atoms with Gasteiger partial charge in [-0.2, -0.15) is 0 Å². The van der Waals surface area contributed by atoms with Crippen molar-refractivity contribution in [3.8, 4) is 17.2 Å². The Hall–Kier alpha value is -4.08. The fourth-order valence-corrected chi connectivity index (χ4v) is 6.36. The summed E-state index contributed by atoms with van der Waals surface area (Å²) >= 11 is 7.38. The molecule has 0 saturated heterocycles. The number of fused-ring (bicyclic) bond motifs is 1. The minimum Gasteiger partial charge on any atom is -0.493 e. The number of hydrogen-bond acceptors (Lipinski definition) is 7. The highest BCUT2D eigenvalue weighted by atomic mass is 35.5. The zero-order valence-electron chi connectivity index (χ0n) is 23.6. The van der Waals surface area contributed by atoms with Crippen LogP contribution in [-0.4, -0.2) is 35.9 Å². The number of hydrogen-bond donors (Lipinski definition) is 0. The second kappa shape index (κ2) is 11.4. The number of carbonyl (C=O) groups excluding carboxylic acids is 1. The van der Waals surface area contributed by atoms with Gasteiger partial charge >= 0.3 is 5.97 Å². The molecule has 0 aliphatic carbocycles. The van der Waals surface area contributed by atoms with Crippen molar-refractivity contribution in [1.82, 2.24) is 9.13 Å². The summed E-state index contributed by atoms with van der Waals surface area (Å²) in [4.78, 5) is 32.4. The number of carbonyl (C=O) groups is 1. The number of methoxy groups -OCH3 is 2. The lowest BCUT2D eigenvalue weighted by molar-refractivity contribution is -0.139.